The summed E-state index contributed by atoms with van der Waals surface area (Å²) in [6.45, 7) is 1.39. The molecule has 2 heterocycles. The zero-order chi connectivity index (χ0) is 20.2. The van der Waals surface area contributed by atoms with E-state index in [4.69, 9.17) is 11.6 Å². The van der Waals surface area contributed by atoms with Gasteiger partial charge in [-0.1, -0.05) is 29.8 Å². The molecule has 144 valence electrons. The standard InChI is InChI=1S/C20H17ClN2O5/c1-20(19(27)28)15-14(16(22-20)12-4-2-3-5-13(12)24)17(25)23(18(15)26)11-8-6-10(21)7-9-11/h2-9,14-16,22,24H,1H3,(H,27,28). The number of hydrogen-bond donors (Lipinski definition) is 3. The summed E-state index contributed by atoms with van der Waals surface area (Å²) >= 11 is 5.89. The van der Waals surface area contributed by atoms with Gasteiger partial charge in [-0.15, -0.1) is 0 Å². The molecule has 2 aromatic rings. The third kappa shape index (κ3) is 2.51. The van der Waals surface area contributed by atoms with Crippen molar-refractivity contribution in [3.05, 3.63) is 59.1 Å². The number of benzene rings is 2. The Morgan fingerprint density at radius 3 is 2.36 bits per heavy atom. The van der Waals surface area contributed by atoms with E-state index in [2.05, 4.69) is 5.32 Å². The number of aromatic hydroxyl groups is 1. The fourth-order valence-electron chi connectivity index (χ4n) is 4.20. The number of para-hydroxylation sites is 1. The smallest absolute Gasteiger partial charge is 0.324 e. The topological polar surface area (TPSA) is 107 Å². The van der Waals surface area contributed by atoms with Crippen LogP contribution in [0.3, 0.4) is 0 Å². The molecule has 2 aliphatic rings. The lowest BCUT2D eigenvalue weighted by Gasteiger charge is -2.27. The Balaban J connectivity index is 1.84. The molecule has 2 aromatic carbocycles. The number of imide groups is 1. The molecule has 0 aliphatic carbocycles. The Morgan fingerprint density at radius 1 is 1.11 bits per heavy atom. The predicted octanol–water partition coefficient (Wildman–Crippen LogP) is 2.34. The molecule has 7 nitrogen and oxygen atoms in total. The van der Waals surface area contributed by atoms with Crippen LogP contribution in [0.5, 0.6) is 5.75 Å². The zero-order valence-electron chi connectivity index (χ0n) is 14.8. The lowest BCUT2D eigenvalue weighted by Crippen LogP contribution is -2.53. The number of phenols is 1. The number of carbonyl (C=O) groups excluding carboxylic acids is 2. The highest BCUT2D eigenvalue weighted by Crippen LogP contribution is 2.50. The van der Waals surface area contributed by atoms with Crippen LogP contribution in [0.15, 0.2) is 48.5 Å². The fourth-order valence-corrected chi connectivity index (χ4v) is 4.32. The predicted molar refractivity (Wildman–Crippen MR) is 101 cm³/mol. The Labute approximate surface area is 165 Å². The summed E-state index contributed by atoms with van der Waals surface area (Å²) in [5.74, 6) is -4.48. The van der Waals surface area contributed by atoms with Gasteiger partial charge in [0.25, 0.3) is 0 Å². The van der Waals surface area contributed by atoms with Crippen LogP contribution in [-0.2, 0) is 14.4 Å². The van der Waals surface area contributed by atoms with Crippen LogP contribution in [0.4, 0.5) is 5.69 Å². The van der Waals surface area contributed by atoms with E-state index in [9.17, 15) is 24.6 Å². The summed E-state index contributed by atoms with van der Waals surface area (Å²) in [5.41, 5.74) is -0.954. The first-order chi connectivity index (χ1) is 13.3. The van der Waals surface area contributed by atoms with Crippen LogP contribution in [0.1, 0.15) is 18.5 Å². The number of fused-ring (bicyclic) bond motifs is 1. The number of carboxylic acids is 1. The Kier molecular flexibility index (Phi) is 4.17. The largest absolute Gasteiger partial charge is 0.508 e. The highest BCUT2D eigenvalue weighted by Gasteiger charge is 2.67. The average Bonchev–Trinajstić information content (AvgIpc) is 3.11. The molecule has 8 heteroatoms. The quantitative estimate of drug-likeness (QED) is 0.683. The number of carbonyl (C=O) groups is 3. The fraction of sp³-hybridized carbons (Fsp3) is 0.250. The maximum absolute atomic E-state index is 13.2. The second kappa shape index (κ2) is 6.32. The third-order valence-electron chi connectivity index (χ3n) is 5.59. The summed E-state index contributed by atoms with van der Waals surface area (Å²) in [4.78, 5) is 39.5. The molecule has 2 amide bonds. The number of anilines is 1. The van der Waals surface area contributed by atoms with Crippen molar-refractivity contribution < 1.29 is 24.6 Å². The summed E-state index contributed by atoms with van der Waals surface area (Å²) < 4.78 is 0. The van der Waals surface area contributed by atoms with E-state index in [-0.39, 0.29) is 5.75 Å². The van der Waals surface area contributed by atoms with Gasteiger partial charge in [-0.2, -0.15) is 0 Å². The molecule has 0 saturated carbocycles. The normalized spacial score (nSPS) is 29.2. The van der Waals surface area contributed by atoms with Crippen LogP contribution in [0.2, 0.25) is 5.02 Å². The van der Waals surface area contributed by atoms with Crippen molar-refractivity contribution in [1.29, 1.82) is 0 Å². The SMILES string of the molecule is CC1(C(=O)O)NC(c2ccccc2O)C2C(=O)N(c3ccc(Cl)cc3)C(=O)C21. The number of aliphatic carboxylic acids is 1. The number of nitrogens with zero attached hydrogens (tertiary/aromatic N) is 1. The molecule has 4 rings (SSSR count). The zero-order valence-corrected chi connectivity index (χ0v) is 15.6. The minimum Gasteiger partial charge on any atom is -0.508 e. The molecule has 2 aliphatic heterocycles. The van der Waals surface area contributed by atoms with Gasteiger partial charge in [-0.25, -0.2) is 4.90 Å². The highest BCUT2D eigenvalue weighted by atomic mass is 35.5. The van der Waals surface area contributed by atoms with E-state index in [1.165, 1.54) is 13.0 Å². The van der Waals surface area contributed by atoms with Gasteiger partial charge in [-0.3, -0.25) is 19.7 Å². The molecule has 2 fully saturated rings. The molecular weight excluding hydrogens is 384 g/mol. The van der Waals surface area contributed by atoms with Crippen molar-refractivity contribution in [2.45, 2.75) is 18.5 Å². The van der Waals surface area contributed by atoms with E-state index in [0.717, 1.165) is 4.90 Å². The van der Waals surface area contributed by atoms with Crippen molar-refractivity contribution >= 4 is 35.1 Å². The first kappa shape index (κ1) is 18.5. The van der Waals surface area contributed by atoms with Crippen LogP contribution in [0.25, 0.3) is 0 Å². The maximum Gasteiger partial charge on any atom is 0.324 e. The molecule has 28 heavy (non-hydrogen) atoms. The minimum atomic E-state index is -1.66. The van der Waals surface area contributed by atoms with Crippen molar-refractivity contribution in [2.24, 2.45) is 11.8 Å². The molecule has 0 aromatic heterocycles. The molecule has 0 spiro atoms. The number of hydrogen-bond acceptors (Lipinski definition) is 5. The van der Waals surface area contributed by atoms with Crippen LogP contribution in [-0.4, -0.2) is 33.5 Å². The maximum atomic E-state index is 13.2. The highest BCUT2D eigenvalue weighted by molar-refractivity contribution is 6.31. The van der Waals surface area contributed by atoms with E-state index >= 15 is 0 Å². The lowest BCUT2D eigenvalue weighted by atomic mass is 9.80. The van der Waals surface area contributed by atoms with Gasteiger partial charge in [0.15, 0.2) is 0 Å². The van der Waals surface area contributed by atoms with Crippen molar-refractivity contribution in [2.75, 3.05) is 4.90 Å². The minimum absolute atomic E-state index is 0.0708. The third-order valence-corrected chi connectivity index (χ3v) is 5.84. The summed E-state index contributed by atoms with van der Waals surface area (Å²) in [5, 5.41) is 23.4. The average molecular weight is 401 g/mol. The summed E-state index contributed by atoms with van der Waals surface area (Å²) in [6.07, 6.45) is 0. The number of rotatable bonds is 3. The van der Waals surface area contributed by atoms with E-state index in [1.807, 2.05) is 0 Å². The Morgan fingerprint density at radius 2 is 1.75 bits per heavy atom. The molecule has 4 unspecified atom stereocenters. The molecular formula is C20H17ClN2O5. The van der Waals surface area contributed by atoms with Crippen LogP contribution < -0.4 is 10.2 Å². The number of phenolic OH excluding ortho intramolecular Hbond substituents is 1. The number of halogens is 1. The molecule has 3 N–H and O–H groups in total. The number of nitrogens with one attached hydrogen (secondary N) is 1. The van der Waals surface area contributed by atoms with Crippen molar-refractivity contribution in [3.63, 3.8) is 0 Å². The second-order valence-electron chi connectivity index (χ2n) is 7.18. The van der Waals surface area contributed by atoms with Gasteiger partial charge in [0, 0.05) is 16.6 Å². The second-order valence-corrected chi connectivity index (χ2v) is 7.62. The van der Waals surface area contributed by atoms with Crippen LogP contribution >= 0.6 is 11.6 Å². The first-order valence-corrected chi connectivity index (χ1v) is 9.06. The Hall–Kier alpha value is -2.90. The van der Waals surface area contributed by atoms with Gasteiger partial charge in [0.2, 0.25) is 11.8 Å². The number of carboxylic acid groups (broad SMARTS) is 1. The molecule has 0 bridgehead atoms. The monoisotopic (exact) mass is 400 g/mol. The summed E-state index contributed by atoms with van der Waals surface area (Å²) in [7, 11) is 0. The summed E-state index contributed by atoms with van der Waals surface area (Å²) in [6, 6.07) is 11.8. The van der Waals surface area contributed by atoms with Gasteiger partial charge >= 0.3 is 5.97 Å². The molecule has 4 atom stereocenters. The molecule has 0 radical (unpaired) electrons. The van der Waals surface area contributed by atoms with Gasteiger partial charge < -0.3 is 10.2 Å². The van der Waals surface area contributed by atoms with Gasteiger partial charge in [-0.05, 0) is 37.3 Å². The van der Waals surface area contributed by atoms with E-state index in [1.54, 1.807) is 42.5 Å². The first-order valence-electron chi connectivity index (χ1n) is 8.68. The van der Waals surface area contributed by atoms with E-state index in [0.29, 0.717) is 16.3 Å². The van der Waals surface area contributed by atoms with Crippen molar-refractivity contribution in [1.82, 2.24) is 5.32 Å². The van der Waals surface area contributed by atoms with Crippen LogP contribution in [0, 0.1) is 11.8 Å². The Bertz CT molecular complexity index is 992. The van der Waals surface area contributed by atoms with Gasteiger partial charge in [0.1, 0.15) is 11.3 Å². The molecule has 2 saturated heterocycles. The van der Waals surface area contributed by atoms with Crippen molar-refractivity contribution in [3.8, 4) is 5.75 Å². The van der Waals surface area contributed by atoms with Gasteiger partial charge in [0.05, 0.1) is 17.5 Å². The number of amides is 2. The lowest BCUT2D eigenvalue weighted by molar-refractivity contribution is -0.147. The van der Waals surface area contributed by atoms with E-state index < -0.39 is 41.2 Å².